The van der Waals surface area contributed by atoms with Gasteiger partial charge in [0.25, 0.3) is 0 Å². The number of nitrogens with one attached hydrogen (secondary N) is 2. The van der Waals surface area contributed by atoms with Crippen molar-refractivity contribution in [1.82, 2.24) is 25.4 Å². The first kappa shape index (κ1) is 18.7. The van der Waals surface area contributed by atoms with Gasteiger partial charge < -0.3 is 10.6 Å². The Morgan fingerprint density at radius 2 is 2.14 bits per heavy atom. The molecule has 0 radical (unpaired) electrons. The summed E-state index contributed by atoms with van der Waals surface area (Å²) in [5.41, 5.74) is 1.03. The molecule has 1 unspecified atom stereocenters. The second-order valence-corrected chi connectivity index (χ2v) is 5.02. The molecule has 0 aliphatic heterocycles. The van der Waals surface area contributed by atoms with Gasteiger partial charge in [-0.25, -0.2) is 4.98 Å². The maximum atomic E-state index is 6.20. The van der Waals surface area contributed by atoms with Crippen molar-refractivity contribution in [3.8, 4) is 0 Å². The van der Waals surface area contributed by atoms with Gasteiger partial charge in [0.2, 0.25) is 0 Å². The minimum atomic E-state index is 0. The summed E-state index contributed by atoms with van der Waals surface area (Å²) in [6.07, 6.45) is 1.53. The van der Waals surface area contributed by atoms with E-state index in [1.54, 1.807) is 11.7 Å². The van der Waals surface area contributed by atoms with Crippen LogP contribution in [0.1, 0.15) is 24.4 Å². The lowest BCUT2D eigenvalue weighted by Gasteiger charge is -2.19. The fourth-order valence-corrected chi connectivity index (χ4v) is 2.25. The molecular weight excluding hydrogens is 415 g/mol. The number of hydrogen-bond donors (Lipinski definition) is 2. The van der Waals surface area contributed by atoms with Gasteiger partial charge in [0.05, 0.1) is 12.6 Å². The Labute approximate surface area is 152 Å². The van der Waals surface area contributed by atoms with Gasteiger partial charge in [-0.3, -0.25) is 9.67 Å². The lowest BCUT2D eigenvalue weighted by Crippen LogP contribution is -2.38. The van der Waals surface area contributed by atoms with Crippen LogP contribution in [-0.4, -0.2) is 27.8 Å². The van der Waals surface area contributed by atoms with Crippen molar-refractivity contribution in [1.29, 1.82) is 0 Å². The fraction of sp³-hybridized carbons (Fsp3) is 0.357. The van der Waals surface area contributed by atoms with Crippen LogP contribution in [0.3, 0.4) is 0 Å². The molecule has 0 fully saturated rings. The molecule has 0 saturated carbocycles. The van der Waals surface area contributed by atoms with Gasteiger partial charge in [0.15, 0.2) is 5.96 Å². The monoisotopic (exact) mass is 434 g/mol. The molecular formula is C14H20ClIN6. The molecule has 2 N–H and O–H groups in total. The number of aliphatic imine (C=N–C) groups is 1. The molecule has 0 saturated heterocycles. The highest BCUT2D eigenvalue weighted by Gasteiger charge is 2.11. The number of hydrogen-bond acceptors (Lipinski definition) is 3. The summed E-state index contributed by atoms with van der Waals surface area (Å²) in [6.45, 7) is 2.59. The van der Waals surface area contributed by atoms with Crippen LogP contribution in [0.5, 0.6) is 0 Å². The van der Waals surface area contributed by atoms with E-state index in [0.29, 0.717) is 12.5 Å². The van der Waals surface area contributed by atoms with E-state index in [4.69, 9.17) is 11.6 Å². The Balaban J connectivity index is 0.00000242. The zero-order valence-electron chi connectivity index (χ0n) is 12.7. The van der Waals surface area contributed by atoms with Crippen LogP contribution in [-0.2, 0) is 13.6 Å². The lowest BCUT2D eigenvalue weighted by atomic mass is 10.1. The highest BCUT2D eigenvalue weighted by Crippen LogP contribution is 2.21. The third-order valence-electron chi connectivity index (χ3n) is 3.17. The van der Waals surface area contributed by atoms with Crippen molar-refractivity contribution >= 4 is 41.5 Å². The average Bonchev–Trinajstić information content (AvgIpc) is 2.89. The van der Waals surface area contributed by atoms with E-state index < -0.39 is 0 Å². The summed E-state index contributed by atoms with van der Waals surface area (Å²) in [5.74, 6) is 1.52. The average molecular weight is 435 g/mol. The number of benzene rings is 1. The quantitative estimate of drug-likeness (QED) is 0.441. The normalized spacial score (nSPS) is 12.5. The third kappa shape index (κ3) is 4.84. The first-order valence-corrected chi connectivity index (χ1v) is 7.04. The Morgan fingerprint density at radius 3 is 2.73 bits per heavy atom. The van der Waals surface area contributed by atoms with Crippen LogP contribution in [0.4, 0.5) is 0 Å². The van der Waals surface area contributed by atoms with Crippen LogP contribution in [0, 0.1) is 0 Å². The minimum Gasteiger partial charge on any atom is -0.350 e. The van der Waals surface area contributed by atoms with Crippen molar-refractivity contribution in [3.63, 3.8) is 0 Å². The van der Waals surface area contributed by atoms with E-state index in [1.807, 2.05) is 38.2 Å². The molecule has 1 heterocycles. The van der Waals surface area contributed by atoms with Crippen molar-refractivity contribution in [3.05, 3.63) is 47.0 Å². The summed E-state index contributed by atoms with van der Waals surface area (Å²) in [4.78, 5) is 8.37. The second-order valence-electron chi connectivity index (χ2n) is 4.61. The summed E-state index contributed by atoms with van der Waals surface area (Å²) in [6, 6.07) is 7.81. The van der Waals surface area contributed by atoms with Gasteiger partial charge in [-0.05, 0) is 18.6 Å². The number of rotatable bonds is 4. The maximum Gasteiger partial charge on any atom is 0.191 e. The van der Waals surface area contributed by atoms with Crippen LogP contribution in [0.25, 0.3) is 0 Å². The molecule has 0 aliphatic carbocycles. The molecule has 1 aromatic heterocycles. The molecule has 2 aromatic rings. The fourth-order valence-electron chi connectivity index (χ4n) is 1.95. The molecule has 8 heteroatoms. The first-order valence-electron chi connectivity index (χ1n) is 6.66. The van der Waals surface area contributed by atoms with Crippen LogP contribution in [0.15, 0.2) is 35.6 Å². The van der Waals surface area contributed by atoms with E-state index in [2.05, 4.69) is 25.7 Å². The molecule has 2 rings (SSSR count). The Morgan fingerprint density at radius 1 is 1.41 bits per heavy atom. The van der Waals surface area contributed by atoms with Gasteiger partial charge >= 0.3 is 0 Å². The lowest BCUT2D eigenvalue weighted by molar-refractivity contribution is 0.651. The number of aryl methyl sites for hydroxylation is 1. The molecule has 1 atom stereocenters. The third-order valence-corrected chi connectivity index (χ3v) is 3.51. The standard InChI is InChI=1S/C14H19ClN6.HI/c1-10(11-6-4-5-7-12(11)15)20-14(16-2)17-8-13-18-9-19-21(13)3;/h4-7,9-10H,8H2,1-3H3,(H2,16,17,20);1H. The largest absolute Gasteiger partial charge is 0.350 e. The maximum absolute atomic E-state index is 6.20. The van der Waals surface area contributed by atoms with E-state index in [1.165, 1.54) is 6.33 Å². The first-order chi connectivity index (χ1) is 10.1. The molecule has 6 nitrogen and oxygen atoms in total. The van der Waals surface area contributed by atoms with E-state index in [0.717, 1.165) is 16.4 Å². The number of aromatic nitrogens is 3. The molecule has 22 heavy (non-hydrogen) atoms. The Hall–Kier alpha value is -1.35. The summed E-state index contributed by atoms with van der Waals surface area (Å²) >= 11 is 6.20. The molecule has 0 aliphatic rings. The predicted molar refractivity (Wildman–Crippen MR) is 99.6 cm³/mol. The van der Waals surface area contributed by atoms with Gasteiger partial charge in [-0.2, -0.15) is 5.10 Å². The van der Waals surface area contributed by atoms with Crippen molar-refractivity contribution in [2.24, 2.45) is 12.0 Å². The summed E-state index contributed by atoms with van der Waals surface area (Å²) in [7, 11) is 3.58. The number of halogens is 2. The van der Waals surface area contributed by atoms with Gasteiger partial charge in [0, 0.05) is 19.1 Å². The molecule has 0 amide bonds. The number of nitrogens with zero attached hydrogens (tertiary/aromatic N) is 4. The predicted octanol–water partition coefficient (Wildman–Crippen LogP) is 2.51. The van der Waals surface area contributed by atoms with Gasteiger partial charge in [-0.15, -0.1) is 24.0 Å². The van der Waals surface area contributed by atoms with Crippen molar-refractivity contribution < 1.29 is 0 Å². The van der Waals surface area contributed by atoms with Crippen molar-refractivity contribution in [2.45, 2.75) is 19.5 Å². The highest BCUT2D eigenvalue weighted by atomic mass is 127. The SMILES string of the molecule is CN=C(NCc1ncnn1C)NC(C)c1ccccc1Cl.I. The highest BCUT2D eigenvalue weighted by molar-refractivity contribution is 14.0. The minimum absolute atomic E-state index is 0. The molecule has 0 bridgehead atoms. The topological polar surface area (TPSA) is 67.1 Å². The van der Waals surface area contributed by atoms with Crippen LogP contribution in [0.2, 0.25) is 5.02 Å². The molecule has 1 aromatic carbocycles. The molecule has 120 valence electrons. The van der Waals surface area contributed by atoms with E-state index in [-0.39, 0.29) is 30.0 Å². The van der Waals surface area contributed by atoms with Crippen LogP contribution < -0.4 is 10.6 Å². The summed E-state index contributed by atoms with van der Waals surface area (Å²) < 4.78 is 1.72. The van der Waals surface area contributed by atoms with Gasteiger partial charge in [0.1, 0.15) is 12.2 Å². The van der Waals surface area contributed by atoms with E-state index in [9.17, 15) is 0 Å². The zero-order chi connectivity index (χ0) is 15.2. The summed E-state index contributed by atoms with van der Waals surface area (Å²) in [5, 5.41) is 11.3. The zero-order valence-corrected chi connectivity index (χ0v) is 15.8. The second kappa shape index (κ2) is 8.94. The number of guanidine groups is 1. The smallest absolute Gasteiger partial charge is 0.191 e. The van der Waals surface area contributed by atoms with Crippen LogP contribution >= 0.6 is 35.6 Å². The Bertz CT molecular complexity index is 627. The molecule has 0 spiro atoms. The van der Waals surface area contributed by atoms with Crippen molar-refractivity contribution in [2.75, 3.05) is 7.05 Å². The van der Waals surface area contributed by atoms with E-state index >= 15 is 0 Å². The Kier molecular flexibility index (Phi) is 7.60. The van der Waals surface area contributed by atoms with Gasteiger partial charge in [-0.1, -0.05) is 29.8 Å².